The number of hydrogen-bond acceptors (Lipinski definition) is 4. The maximum atomic E-state index is 8.79. The van der Waals surface area contributed by atoms with Crippen molar-refractivity contribution in [2.45, 2.75) is 19.3 Å². The Morgan fingerprint density at radius 2 is 1.75 bits per heavy atom. The van der Waals surface area contributed by atoms with Crippen molar-refractivity contribution in [2.75, 3.05) is 47.1 Å². The van der Waals surface area contributed by atoms with E-state index in [0.29, 0.717) is 6.42 Å². The van der Waals surface area contributed by atoms with Gasteiger partial charge in [-0.3, -0.25) is 4.90 Å². The van der Waals surface area contributed by atoms with Crippen molar-refractivity contribution in [3.63, 3.8) is 0 Å². The van der Waals surface area contributed by atoms with Gasteiger partial charge in [0.05, 0.1) is 19.3 Å². The highest BCUT2D eigenvalue weighted by Crippen LogP contribution is 2.49. The molecule has 0 heterocycles. The van der Waals surface area contributed by atoms with Gasteiger partial charge >= 0.3 is 0 Å². The molecule has 0 amide bonds. The first-order valence-electron chi connectivity index (χ1n) is 5.83. The predicted octanol–water partition coefficient (Wildman–Crippen LogP) is 1.28. The Morgan fingerprint density at radius 1 is 1.19 bits per heavy atom. The summed E-state index contributed by atoms with van der Waals surface area (Å²) in [6.45, 7) is 4.34. The van der Waals surface area contributed by atoms with Gasteiger partial charge in [-0.25, -0.2) is 0 Å². The Balaban J connectivity index is 2.33. The summed E-state index contributed by atoms with van der Waals surface area (Å²) in [4.78, 5) is 2.34. The standard InChI is InChI=1S/C12H22N2O2/c1-15-9-7-14(8-10-16-2)11-12(3-4-12)5-6-13/h3-5,7-11H2,1-2H3. The van der Waals surface area contributed by atoms with E-state index in [1.54, 1.807) is 14.2 Å². The van der Waals surface area contributed by atoms with Crippen LogP contribution in [0.5, 0.6) is 0 Å². The van der Waals surface area contributed by atoms with E-state index in [-0.39, 0.29) is 5.41 Å². The lowest BCUT2D eigenvalue weighted by atomic mass is 10.0. The Labute approximate surface area is 98.1 Å². The summed E-state index contributed by atoms with van der Waals surface area (Å²) in [6.07, 6.45) is 3.07. The van der Waals surface area contributed by atoms with Crippen LogP contribution in [0.1, 0.15) is 19.3 Å². The van der Waals surface area contributed by atoms with Gasteiger partial charge in [0.15, 0.2) is 0 Å². The topological polar surface area (TPSA) is 45.5 Å². The minimum absolute atomic E-state index is 0.274. The first-order chi connectivity index (χ1) is 7.76. The number of rotatable bonds is 9. The van der Waals surface area contributed by atoms with Crippen LogP contribution in [0, 0.1) is 16.7 Å². The van der Waals surface area contributed by atoms with Crippen LogP contribution in [0.3, 0.4) is 0 Å². The van der Waals surface area contributed by atoms with Crippen molar-refractivity contribution in [3.8, 4) is 6.07 Å². The van der Waals surface area contributed by atoms with Crippen molar-refractivity contribution in [1.29, 1.82) is 5.26 Å². The molecule has 1 aliphatic carbocycles. The molecule has 0 aromatic carbocycles. The minimum atomic E-state index is 0.274. The monoisotopic (exact) mass is 226 g/mol. The Morgan fingerprint density at radius 3 is 2.12 bits per heavy atom. The van der Waals surface area contributed by atoms with E-state index in [2.05, 4.69) is 11.0 Å². The van der Waals surface area contributed by atoms with Crippen LogP contribution in [0.4, 0.5) is 0 Å². The number of nitrogens with zero attached hydrogens (tertiary/aromatic N) is 2. The maximum Gasteiger partial charge on any atom is 0.0628 e. The fourth-order valence-corrected chi connectivity index (χ4v) is 1.92. The molecule has 0 aromatic rings. The third-order valence-electron chi connectivity index (χ3n) is 3.19. The van der Waals surface area contributed by atoms with Crippen molar-refractivity contribution in [2.24, 2.45) is 5.41 Å². The van der Waals surface area contributed by atoms with E-state index in [9.17, 15) is 0 Å². The summed E-state index contributed by atoms with van der Waals surface area (Å²) < 4.78 is 10.2. The van der Waals surface area contributed by atoms with Crippen LogP contribution in [0.2, 0.25) is 0 Å². The van der Waals surface area contributed by atoms with Gasteiger partial charge in [-0.15, -0.1) is 0 Å². The van der Waals surface area contributed by atoms with Crippen LogP contribution in [-0.2, 0) is 9.47 Å². The average molecular weight is 226 g/mol. The van der Waals surface area contributed by atoms with E-state index in [4.69, 9.17) is 14.7 Å². The smallest absolute Gasteiger partial charge is 0.0628 e. The van der Waals surface area contributed by atoms with Crippen molar-refractivity contribution in [1.82, 2.24) is 4.90 Å². The van der Waals surface area contributed by atoms with Gasteiger partial charge in [0, 0.05) is 40.3 Å². The lowest BCUT2D eigenvalue weighted by Crippen LogP contribution is -2.35. The van der Waals surface area contributed by atoms with Crippen LogP contribution in [0.15, 0.2) is 0 Å². The molecule has 0 atom stereocenters. The summed E-state index contributed by atoms with van der Waals surface area (Å²) in [5.41, 5.74) is 0.274. The third-order valence-corrected chi connectivity index (χ3v) is 3.19. The summed E-state index contributed by atoms with van der Waals surface area (Å²) in [7, 11) is 3.44. The number of ether oxygens (including phenoxy) is 2. The lowest BCUT2D eigenvalue weighted by Gasteiger charge is -2.25. The Bertz CT molecular complexity index is 226. The molecule has 4 heteroatoms. The predicted molar refractivity (Wildman–Crippen MR) is 62.1 cm³/mol. The molecule has 0 aliphatic heterocycles. The van der Waals surface area contributed by atoms with Gasteiger partial charge in [0.1, 0.15) is 0 Å². The Kier molecular flexibility index (Phi) is 5.75. The van der Waals surface area contributed by atoms with E-state index in [0.717, 1.165) is 32.8 Å². The molecule has 4 nitrogen and oxygen atoms in total. The zero-order valence-electron chi connectivity index (χ0n) is 10.4. The summed E-state index contributed by atoms with van der Waals surface area (Å²) >= 11 is 0. The molecule has 0 bridgehead atoms. The minimum Gasteiger partial charge on any atom is -0.383 e. The van der Waals surface area contributed by atoms with E-state index >= 15 is 0 Å². The molecule has 1 rings (SSSR count). The molecule has 0 saturated heterocycles. The third kappa shape index (κ3) is 4.48. The summed E-state index contributed by atoms with van der Waals surface area (Å²) in [6, 6.07) is 2.30. The second-order valence-electron chi connectivity index (χ2n) is 4.60. The average Bonchev–Trinajstić information content (AvgIpc) is 3.03. The second-order valence-corrected chi connectivity index (χ2v) is 4.60. The quantitative estimate of drug-likeness (QED) is 0.594. The van der Waals surface area contributed by atoms with Gasteiger partial charge in [-0.05, 0) is 18.3 Å². The number of hydrogen-bond donors (Lipinski definition) is 0. The van der Waals surface area contributed by atoms with Gasteiger partial charge in [0.2, 0.25) is 0 Å². The molecule has 92 valence electrons. The van der Waals surface area contributed by atoms with E-state index < -0.39 is 0 Å². The molecule has 16 heavy (non-hydrogen) atoms. The highest BCUT2D eigenvalue weighted by Gasteiger charge is 2.43. The molecule has 0 unspecified atom stereocenters. The molecule has 0 aromatic heterocycles. The fraction of sp³-hybridized carbons (Fsp3) is 0.917. The fourth-order valence-electron chi connectivity index (χ4n) is 1.92. The van der Waals surface area contributed by atoms with Crippen molar-refractivity contribution < 1.29 is 9.47 Å². The summed E-state index contributed by atoms with van der Waals surface area (Å²) in [5.74, 6) is 0. The highest BCUT2D eigenvalue weighted by atomic mass is 16.5. The van der Waals surface area contributed by atoms with E-state index in [1.807, 2.05) is 0 Å². The van der Waals surface area contributed by atoms with Crippen LogP contribution < -0.4 is 0 Å². The normalized spacial score (nSPS) is 17.4. The van der Waals surface area contributed by atoms with Gasteiger partial charge in [-0.1, -0.05) is 0 Å². The second kappa shape index (κ2) is 6.85. The highest BCUT2D eigenvalue weighted by molar-refractivity contribution is 5.01. The lowest BCUT2D eigenvalue weighted by molar-refractivity contribution is 0.101. The zero-order chi connectivity index (χ0) is 11.9. The molecular formula is C12H22N2O2. The number of methoxy groups -OCH3 is 2. The first kappa shape index (κ1) is 13.4. The van der Waals surface area contributed by atoms with Crippen LogP contribution >= 0.6 is 0 Å². The molecule has 1 saturated carbocycles. The molecule has 0 radical (unpaired) electrons. The molecule has 1 fully saturated rings. The van der Waals surface area contributed by atoms with Gasteiger partial charge < -0.3 is 9.47 Å². The largest absolute Gasteiger partial charge is 0.383 e. The zero-order valence-corrected chi connectivity index (χ0v) is 10.4. The summed E-state index contributed by atoms with van der Waals surface area (Å²) in [5, 5.41) is 8.79. The first-order valence-corrected chi connectivity index (χ1v) is 5.83. The van der Waals surface area contributed by atoms with Gasteiger partial charge in [-0.2, -0.15) is 5.26 Å². The van der Waals surface area contributed by atoms with Crippen LogP contribution in [-0.4, -0.2) is 52.0 Å². The van der Waals surface area contributed by atoms with Gasteiger partial charge in [0.25, 0.3) is 0 Å². The number of nitriles is 1. The van der Waals surface area contributed by atoms with Crippen LogP contribution in [0.25, 0.3) is 0 Å². The Hall–Kier alpha value is -0.630. The molecule has 0 N–H and O–H groups in total. The van der Waals surface area contributed by atoms with Crippen molar-refractivity contribution in [3.05, 3.63) is 0 Å². The molecule has 0 spiro atoms. The van der Waals surface area contributed by atoms with Crippen molar-refractivity contribution >= 4 is 0 Å². The van der Waals surface area contributed by atoms with E-state index in [1.165, 1.54) is 12.8 Å². The maximum absolute atomic E-state index is 8.79. The molecular weight excluding hydrogens is 204 g/mol. The molecule has 1 aliphatic rings. The SMILES string of the molecule is COCCN(CCOC)CC1(CC#N)CC1.